The van der Waals surface area contributed by atoms with Gasteiger partial charge in [-0.1, -0.05) is 6.58 Å². The van der Waals surface area contributed by atoms with E-state index in [4.69, 9.17) is 14.2 Å². The average Bonchev–Trinajstić information content (AvgIpc) is 2.27. The van der Waals surface area contributed by atoms with Crippen molar-refractivity contribution < 1.29 is 19.0 Å². The van der Waals surface area contributed by atoms with Crippen molar-refractivity contribution in [3.8, 4) is 0 Å². The van der Waals surface area contributed by atoms with Gasteiger partial charge in [0.15, 0.2) is 0 Å². The number of nitrogens with zero attached hydrogens (tertiary/aromatic N) is 1. The Morgan fingerprint density at radius 2 is 2.06 bits per heavy atom. The normalized spacial score (nSPS) is 12.2. The molecule has 0 heterocycles. The molecule has 0 fully saturated rings. The summed E-state index contributed by atoms with van der Waals surface area (Å²) in [4.78, 5) is 13.4. The smallest absolute Gasteiger partial charge is 0.311 e. The molecule has 5 nitrogen and oxygen atoms in total. The van der Waals surface area contributed by atoms with Crippen LogP contribution >= 0.6 is 0 Å². The van der Waals surface area contributed by atoms with Gasteiger partial charge in [0.25, 0.3) is 0 Å². The van der Waals surface area contributed by atoms with Crippen LogP contribution in [0.1, 0.15) is 6.92 Å². The van der Waals surface area contributed by atoms with Crippen molar-refractivity contribution in [3.05, 3.63) is 12.8 Å². The van der Waals surface area contributed by atoms with Crippen LogP contribution in [0.3, 0.4) is 0 Å². The third kappa shape index (κ3) is 9.84. The maximum absolute atomic E-state index is 11.5. The molecule has 0 aromatic heterocycles. The van der Waals surface area contributed by atoms with Crippen LogP contribution in [0.2, 0.25) is 0 Å². The molecule has 0 aromatic rings. The van der Waals surface area contributed by atoms with Crippen LogP contribution in [0.15, 0.2) is 12.8 Å². The van der Waals surface area contributed by atoms with Crippen LogP contribution in [0, 0.1) is 5.92 Å². The molecule has 100 valence electrons. The molecule has 0 N–H and O–H groups in total. The Morgan fingerprint density at radius 1 is 1.35 bits per heavy atom. The first-order valence-electron chi connectivity index (χ1n) is 5.69. The standard InChI is InChI=1S/C12H23NO4/c1-5-15-8-9-16-10-11(2)12(14)17-7-6-13(3)4/h5,11H,1,6-10H2,2-4H3. The van der Waals surface area contributed by atoms with Crippen molar-refractivity contribution >= 4 is 5.97 Å². The first-order valence-corrected chi connectivity index (χ1v) is 5.69. The van der Waals surface area contributed by atoms with E-state index in [1.807, 2.05) is 19.0 Å². The van der Waals surface area contributed by atoms with Crippen molar-refractivity contribution in [2.24, 2.45) is 5.92 Å². The van der Waals surface area contributed by atoms with Gasteiger partial charge in [0.05, 0.1) is 25.4 Å². The highest BCUT2D eigenvalue weighted by atomic mass is 16.5. The maximum atomic E-state index is 11.5. The summed E-state index contributed by atoms with van der Waals surface area (Å²) in [6.07, 6.45) is 1.36. The summed E-state index contributed by atoms with van der Waals surface area (Å²) in [6, 6.07) is 0. The largest absolute Gasteiger partial charge is 0.499 e. The van der Waals surface area contributed by atoms with E-state index in [0.717, 1.165) is 6.54 Å². The first-order chi connectivity index (χ1) is 8.07. The van der Waals surface area contributed by atoms with Gasteiger partial charge in [0.1, 0.15) is 13.2 Å². The molecule has 17 heavy (non-hydrogen) atoms. The van der Waals surface area contributed by atoms with Gasteiger partial charge in [0, 0.05) is 6.54 Å². The topological polar surface area (TPSA) is 48.0 Å². The molecule has 1 atom stereocenters. The Balaban J connectivity index is 3.50. The van der Waals surface area contributed by atoms with Crippen molar-refractivity contribution in [3.63, 3.8) is 0 Å². The van der Waals surface area contributed by atoms with Gasteiger partial charge >= 0.3 is 5.97 Å². The quantitative estimate of drug-likeness (QED) is 0.325. The number of carbonyl (C=O) groups excluding carboxylic acids is 1. The van der Waals surface area contributed by atoms with Crippen molar-refractivity contribution in [2.45, 2.75) is 6.92 Å². The molecule has 0 amide bonds. The summed E-state index contributed by atoms with van der Waals surface area (Å²) in [5.74, 6) is -0.475. The lowest BCUT2D eigenvalue weighted by atomic mass is 10.2. The zero-order valence-electron chi connectivity index (χ0n) is 11.0. The fraction of sp³-hybridized carbons (Fsp3) is 0.750. The van der Waals surface area contributed by atoms with Gasteiger partial charge < -0.3 is 19.1 Å². The summed E-state index contributed by atoms with van der Waals surface area (Å²) in [7, 11) is 3.86. The minimum atomic E-state index is -0.249. The van der Waals surface area contributed by atoms with E-state index >= 15 is 0 Å². The number of carbonyl (C=O) groups is 1. The van der Waals surface area contributed by atoms with E-state index in [2.05, 4.69) is 6.58 Å². The molecular formula is C12H23NO4. The Hall–Kier alpha value is -1.07. The first kappa shape index (κ1) is 15.9. The lowest BCUT2D eigenvalue weighted by Crippen LogP contribution is -2.25. The number of hydrogen-bond acceptors (Lipinski definition) is 5. The fourth-order valence-electron chi connectivity index (χ4n) is 0.990. The number of rotatable bonds is 10. The number of likely N-dealkylation sites (N-methyl/N-ethyl adjacent to an activating group) is 1. The van der Waals surface area contributed by atoms with Crippen LogP contribution in [-0.4, -0.2) is 57.9 Å². The van der Waals surface area contributed by atoms with Crippen LogP contribution in [-0.2, 0) is 19.0 Å². The van der Waals surface area contributed by atoms with Crippen molar-refractivity contribution in [1.29, 1.82) is 0 Å². The summed E-state index contributed by atoms with van der Waals surface area (Å²) in [5.41, 5.74) is 0. The predicted octanol–water partition coefficient (Wildman–Crippen LogP) is 0.904. The highest BCUT2D eigenvalue weighted by molar-refractivity contribution is 5.72. The van der Waals surface area contributed by atoms with Gasteiger partial charge in [-0.25, -0.2) is 0 Å². The van der Waals surface area contributed by atoms with Gasteiger partial charge in [-0.15, -0.1) is 0 Å². The molecule has 0 aliphatic carbocycles. The molecule has 0 aliphatic rings. The highest BCUT2D eigenvalue weighted by Crippen LogP contribution is 1.99. The minimum absolute atomic E-state index is 0.225. The molecular weight excluding hydrogens is 222 g/mol. The molecule has 0 aliphatic heterocycles. The third-order valence-electron chi connectivity index (χ3n) is 2.02. The number of ether oxygens (including phenoxy) is 3. The third-order valence-corrected chi connectivity index (χ3v) is 2.02. The second-order valence-corrected chi connectivity index (χ2v) is 3.98. The molecule has 1 unspecified atom stereocenters. The Morgan fingerprint density at radius 3 is 2.65 bits per heavy atom. The van der Waals surface area contributed by atoms with Crippen molar-refractivity contribution in [2.75, 3.05) is 47.1 Å². The summed E-state index contributed by atoms with van der Waals surface area (Å²) in [6.45, 7) is 7.58. The van der Waals surface area contributed by atoms with Crippen molar-refractivity contribution in [1.82, 2.24) is 4.90 Å². The van der Waals surface area contributed by atoms with Crippen LogP contribution in [0.4, 0.5) is 0 Å². The monoisotopic (exact) mass is 245 g/mol. The Bertz CT molecular complexity index is 219. The molecule has 0 rings (SSSR count). The lowest BCUT2D eigenvalue weighted by Gasteiger charge is -2.13. The minimum Gasteiger partial charge on any atom is -0.499 e. The zero-order chi connectivity index (χ0) is 13.1. The number of hydrogen-bond donors (Lipinski definition) is 0. The van der Waals surface area contributed by atoms with Crippen LogP contribution in [0.5, 0.6) is 0 Å². The fourth-order valence-corrected chi connectivity index (χ4v) is 0.990. The molecule has 5 heteroatoms. The Labute approximate surface area is 103 Å². The molecule has 0 spiro atoms. The van der Waals surface area contributed by atoms with E-state index in [-0.39, 0.29) is 11.9 Å². The molecule has 0 radical (unpaired) electrons. The SMILES string of the molecule is C=COCCOCC(C)C(=O)OCCN(C)C. The highest BCUT2D eigenvalue weighted by Gasteiger charge is 2.14. The Kier molecular flexibility index (Phi) is 9.47. The van der Waals surface area contributed by atoms with Crippen LogP contribution < -0.4 is 0 Å². The summed E-state index contributed by atoms with van der Waals surface area (Å²) >= 11 is 0. The lowest BCUT2D eigenvalue weighted by molar-refractivity contribution is -0.150. The summed E-state index contributed by atoms with van der Waals surface area (Å²) < 4.78 is 15.2. The maximum Gasteiger partial charge on any atom is 0.311 e. The van der Waals surface area contributed by atoms with E-state index in [1.54, 1.807) is 6.92 Å². The van der Waals surface area contributed by atoms with Gasteiger partial charge in [-0.3, -0.25) is 4.79 Å². The van der Waals surface area contributed by atoms with E-state index < -0.39 is 0 Å². The molecule has 0 saturated carbocycles. The van der Waals surface area contributed by atoms with E-state index in [9.17, 15) is 4.79 Å². The van der Waals surface area contributed by atoms with Crippen LogP contribution in [0.25, 0.3) is 0 Å². The van der Waals surface area contributed by atoms with Gasteiger partial charge in [0.2, 0.25) is 0 Å². The molecule has 0 bridgehead atoms. The van der Waals surface area contributed by atoms with E-state index in [0.29, 0.717) is 26.4 Å². The molecule has 0 aromatic carbocycles. The summed E-state index contributed by atoms with van der Waals surface area (Å²) in [5, 5.41) is 0. The zero-order valence-corrected chi connectivity index (χ0v) is 11.0. The second-order valence-electron chi connectivity index (χ2n) is 3.98. The molecule has 0 saturated heterocycles. The number of esters is 1. The van der Waals surface area contributed by atoms with Gasteiger partial charge in [-0.2, -0.15) is 0 Å². The second kappa shape index (κ2) is 10.1. The average molecular weight is 245 g/mol. The van der Waals surface area contributed by atoms with Gasteiger partial charge in [-0.05, 0) is 21.0 Å². The predicted molar refractivity (Wildman–Crippen MR) is 65.6 cm³/mol. The van der Waals surface area contributed by atoms with E-state index in [1.165, 1.54) is 6.26 Å².